The molecular weight excluding hydrogens is 1030 g/mol. The first-order chi connectivity index (χ1) is 37.4. The van der Waals surface area contributed by atoms with E-state index in [1.807, 2.05) is 84.9 Å². The van der Waals surface area contributed by atoms with E-state index in [1.165, 1.54) is 75.1 Å². The first kappa shape index (κ1) is 50.9. The van der Waals surface area contributed by atoms with Crippen molar-refractivity contribution >= 4 is 50.1 Å². The molecule has 0 bridgehead atoms. The number of nitrogens with one attached hydrogen (secondary N) is 1. The number of anilines is 2. The fourth-order valence-electron chi connectivity index (χ4n) is 12.9. The first-order valence-electron chi connectivity index (χ1n) is 27.4. The van der Waals surface area contributed by atoms with Crippen LogP contribution >= 0.6 is 15.9 Å². The third-order valence-electron chi connectivity index (χ3n) is 17.0. The topological polar surface area (TPSA) is 50.8 Å². The molecule has 0 spiro atoms. The fraction of sp³-hybridized carbons (Fsp3) is 0.279. The maximum atomic E-state index is 16.8. The minimum absolute atomic E-state index is 0.162. The van der Waals surface area contributed by atoms with Gasteiger partial charge in [-0.25, -0.2) is 13.2 Å². The fourth-order valence-corrected chi connectivity index (χ4v) is 13.9. The average Bonchev–Trinajstić information content (AvgIpc) is 3.89. The second-order valence-electron chi connectivity index (χ2n) is 22.1. The monoisotopic (exact) mass is 1090 g/mol. The van der Waals surface area contributed by atoms with Gasteiger partial charge >= 0.3 is 0 Å². The number of halogens is 4. The Kier molecular flexibility index (Phi) is 13.7. The Morgan fingerprint density at radius 3 is 2.01 bits per heavy atom. The number of carbonyl (C=O) groups is 1. The predicted molar refractivity (Wildman–Crippen MR) is 310 cm³/mol. The minimum Gasteiger partial charge on any atom is -0.472 e. The number of fused-ring (bicyclic) bond motifs is 8. The van der Waals surface area contributed by atoms with Gasteiger partial charge in [-0.05, 0) is 166 Å². The number of nitrogens with zero attached hydrogens (tertiary/aromatic N) is 1. The highest BCUT2D eigenvalue weighted by Crippen LogP contribution is 2.60. The van der Waals surface area contributed by atoms with Gasteiger partial charge in [0.05, 0.1) is 18.6 Å². The number of amides is 1. The molecule has 1 unspecified atom stereocenters. The maximum absolute atomic E-state index is 16.8. The van der Waals surface area contributed by atoms with Crippen molar-refractivity contribution < 1.29 is 27.4 Å². The second kappa shape index (κ2) is 20.8. The van der Waals surface area contributed by atoms with E-state index in [9.17, 15) is 9.18 Å². The van der Waals surface area contributed by atoms with Gasteiger partial charge in [-0.15, -0.1) is 0 Å². The maximum Gasteiger partial charge on any atom is 0.255 e. The molecule has 1 atom stereocenters. The van der Waals surface area contributed by atoms with Crippen LogP contribution in [-0.2, 0) is 15.8 Å². The van der Waals surface area contributed by atoms with Gasteiger partial charge in [-0.3, -0.25) is 4.79 Å². The number of hydrogen-bond donors (Lipinski definition) is 1. The zero-order chi connectivity index (χ0) is 53.0. The Morgan fingerprint density at radius 1 is 0.701 bits per heavy atom. The van der Waals surface area contributed by atoms with Crippen LogP contribution in [0.3, 0.4) is 0 Å². The van der Waals surface area contributed by atoms with Crippen LogP contribution in [0.1, 0.15) is 122 Å². The van der Waals surface area contributed by atoms with E-state index in [0.29, 0.717) is 46.9 Å². The van der Waals surface area contributed by atoms with Crippen molar-refractivity contribution in [1.82, 2.24) is 0 Å². The third-order valence-corrected chi connectivity index (χ3v) is 17.6. The molecule has 8 aromatic carbocycles. The van der Waals surface area contributed by atoms with Gasteiger partial charge in [0.25, 0.3) is 5.91 Å². The summed E-state index contributed by atoms with van der Waals surface area (Å²) in [5, 5.41) is 3.63. The highest BCUT2D eigenvalue weighted by atomic mass is 79.9. The highest BCUT2D eigenvalue weighted by Gasteiger charge is 2.46. The van der Waals surface area contributed by atoms with Crippen LogP contribution in [0.25, 0.3) is 50.2 Å². The number of carbonyl (C=O) groups excluding carboxylic acids is 1. The van der Waals surface area contributed by atoms with Crippen LogP contribution in [0.5, 0.6) is 5.75 Å². The van der Waals surface area contributed by atoms with Crippen molar-refractivity contribution in [2.24, 2.45) is 5.92 Å². The van der Waals surface area contributed by atoms with Crippen LogP contribution in [0.4, 0.5) is 24.5 Å². The Hall–Kier alpha value is -6.94. The average molecular weight is 1090 g/mol. The normalized spacial score (nSPS) is 19.3. The number of benzene rings is 8. The molecule has 2 aliphatic heterocycles. The Morgan fingerprint density at radius 2 is 1.34 bits per heavy atom. The lowest BCUT2D eigenvalue weighted by Gasteiger charge is -2.39. The van der Waals surface area contributed by atoms with Crippen molar-refractivity contribution in [1.29, 1.82) is 0 Å². The molecule has 5 nitrogen and oxygen atoms in total. The quantitative estimate of drug-likeness (QED) is 0.124. The van der Waals surface area contributed by atoms with Crippen LogP contribution < -0.4 is 15.0 Å². The molecule has 9 heteroatoms. The summed E-state index contributed by atoms with van der Waals surface area (Å²) in [5.74, 6) is -0.214. The third kappa shape index (κ3) is 9.47. The van der Waals surface area contributed by atoms with E-state index in [-0.39, 0.29) is 17.0 Å². The Labute approximate surface area is 458 Å². The number of morpholine rings is 1. The van der Waals surface area contributed by atoms with Gasteiger partial charge in [-0.2, -0.15) is 0 Å². The van der Waals surface area contributed by atoms with Crippen molar-refractivity contribution in [2.45, 2.75) is 89.1 Å². The smallest absolute Gasteiger partial charge is 0.255 e. The van der Waals surface area contributed by atoms with Crippen molar-refractivity contribution in [3.63, 3.8) is 0 Å². The van der Waals surface area contributed by atoms with Crippen LogP contribution in [-0.4, -0.2) is 32.2 Å². The summed E-state index contributed by atoms with van der Waals surface area (Å²) in [4.78, 5) is 15.9. The molecule has 77 heavy (non-hydrogen) atoms. The number of ether oxygens (including phenoxy) is 2. The summed E-state index contributed by atoms with van der Waals surface area (Å²) >= 11 is 3.97. The molecule has 8 aromatic rings. The lowest BCUT2D eigenvalue weighted by atomic mass is 9.76. The van der Waals surface area contributed by atoms with Crippen molar-refractivity contribution in [2.75, 3.05) is 36.5 Å². The zero-order valence-electron chi connectivity index (χ0n) is 43.8. The van der Waals surface area contributed by atoms with E-state index >= 15 is 8.78 Å². The standard InChI is InChI=1S/C68H62BrF3N2O3/c1-4-5-6-7-42-8-10-43(11-9-42)44-12-14-45(15-13-44)46-16-18-48(19-17-46)66(75)73-54-28-20-47(21-29-54)49-38-58-61-57-40-53(71)41-60(72)62(57)65-56(64(61)67(2,3)63(58)59(69)39-49)32-33-68(77-65,50-22-26-52(70)27-23-50)51-24-30-55(31-25-51)74-34-36-76-37-35-74/h12-33,38-43H,4-11,34-37H2,1-3H3,(H,73,75). The SMILES string of the molecule is CCCCCC1CCC(c2ccc(-c3ccc(C(=O)Nc4ccc(-c5cc(Br)c6c(c5)-c5c(c7c(c8c(F)cc(F)cc58)OC(c5ccc(F)cc5)(c5ccc(N8CCOCC8)cc5)C=C7)C6(C)C)cc4)cc3)cc2)CC1. The molecule has 1 saturated heterocycles. The highest BCUT2D eigenvalue weighted by molar-refractivity contribution is 9.10. The van der Waals surface area contributed by atoms with Crippen LogP contribution in [0.2, 0.25) is 0 Å². The number of rotatable bonds is 12. The first-order valence-corrected chi connectivity index (χ1v) is 28.2. The molecule has 1 amide bonds. The van der Waals surface area contributed by atoms with Gasteiger partial charge in [0.2, 0.25) is 0 Å². The summed E-state index contributed by atoms with van der Waals surface area (Å²) in [6.07, 6.45) is 14.6. The molecule has 12 rings (SSSR count). The molecule has 0 radical (unpaired) electrons. The summed E-state index contributed by atoms with van der Waals surface area (Å²) in [6.45, 7) is 9.38. The van der Waals surface area contributed by atoms with E-state index < -0.39 is 28.5 Å². The van der Waals surface area contributed by atoms with Crippen LogP contribution in [0.15, 0.2) is 156 Å². The summed E-state index contributed by atoms with van der Waals surface area (Å²) in [5.41, 5.74) is 11.3. The second-order valence-corrected chi connectivity index (χ2v) is 22.9. The summed E-state index contributed by atoms with van der Waals surface area (Å²) < 4.78 is 60.9. The molecular formula is C68H62BrF3N2O3. The molecule has 2 fully saturated rings. The minimum atomic E-state index is -1.29. The summed E-state index contributed by atoms with van der Waals surface area (Å²) in [7, 11) is 0. The van der Waals surface area contributed by atoms with E-state index in [0.717, 1.165) is 85.3 Å². The van der Waals surface area contributed by atoms with Crippen molar-refractivity contribution in [3.05, 3.63) is 213 Å². The predicted octanol–water partition coefficient (Wildman–Crippen LogP) is 18.0. The summed E-state index contributed by atoms with van der Waals surface area (Å²) in [6, 6.07) is 45.3. The van der Waals surface area contributed by atoms with Gasteiger partial charge in [-0.1, -0.05) is 141 Å². The molecule has 0 aromatic heterocycles. The molecule has 2 aliphatic carbocycles. The van der Waals surface area contributed by atoms with Crippen molar-refractivity contribution in [3.8, 4) is 39.1 Å². The zero-order valence-corrected chi connectivity index (χ0v) is 45.4. The van der Waals surface area contributed by atoms with E-state index in [2.05, 4.69) is 83.3 Å². The number of hydrogen-bond acceptors (Lipinski definition) is 4. The van der Waals surface area contributed by atoms with E-state index in [4.69, 9.17) is 9.47 Å². The molecule has 1 saturated carbocycles. The van der Waals surface area contributed by atoms with Gasteiger partial charge in [0.1, 0.15) is 23.2 Å². The lowest BCUT2D eigenvalue weighted by molar-refractivity contribution is 0.102. The van der Waals surface area contributed by atoms with E-state index in [1.54, 1.807) is 12.1 Å². The molecule has 390 valence electrons. The molecule has 4 aliphatic rings. The largest absolute Gasteiger partial charge is 0.472 e. The molecule has 1 N–H and O–H groups in total. The lowest BCUT2D eigenvalue weighted by Crippen LogP contribution is -2.37. The van der Waals surface area contributed by atoms with Gasteiger partial charge in [0, 0.05) is 62.7 Å². The Bertz CT molecular complexity index is 3540. The Balaban J connectivity index is 0.816. The van der Waals surface area contributed by atoms with Gasteiger partial charge < -0.3 is 19.7 Å². The number of unbranched alkanes of at least 4 members (excludes halogenated alkanes) is 2. The molecule has 2 heterocycles. The van der Waals surface area contributed by atoms with Gasteiger partial charge in [0.15, 0.2) is 5.60 Å². The van der Waals surface area contributed by atoms with Crippen LogP contribution in [0, 0.1) is 23.4 Å².